The molecular weight excluding hydrogens is 398 g/mol. The van der Waals surface area contributed by atoms with Crippen LogP contribution in [-0.2, 0) is 10.0 Å². The number of nitrogens with zero attached hydrogens (tertiary/aromatic N) is 2. The van der Waals surface area contributed by atoms with Crippen LogP contribution in [0, 0.1) is 6.92 Å². The van der Waals surface area contributed by atoms with Gasteiger partial charge in [-0.15, -0.1) is 0 Å². The first-order valence-electron chi connectivity index (χ1n) is 10.4. The van der Waals surface area contributed by atoms with E-state index in [2.05, 4.69) is 34.5 Å². The zero-order valence-corrected chi connectivity index (χ0v) is 18.8. The predicted molar refractivity (Wildman–Crippen MR) is 119 cm³/mol. The van der Waals surface area contributed by atoms with Crippen LogP contribution >= 0.6 is 0 Å². The van der Waals surface area contributed by atoms with Gasteiger partial charge in [-0.2, -0.15) is 4.31 Å². The number of hydrogen-bond donors (Lipinski definition) is 1. The number of likely N-dealkylation sites (N-methyl/N-ethyl adjacent to an activating group) is 1. The lowest BCUT2D eigenvalue weighted by molar-refractivity contribution is 0.0941. The Hall–Kier alpha value is -2.22. The third-order valence-electron chi connectivity index (χ3n) is 5.59. The van der Waals surface area contributed by atoms with Crippen molar-refractivity contribution >= 4 is 15.9 Å². The summed E-state index contributed by atoms with van der Waals surface area (Å²) in [5, 5.41) is 2.96. The summed E-state index contributed by atoms with van der Waals surface area (Å²) in [7, 11) is 0.385. The van der Waals surface area contributed by atoms with Crippen molar-refractivity contribution in [2.24, 2.45) is 0 Å². The van der Waals surface area contributed by atoms with Crippen molar-refractivity contribution in [3.63, 3.8) is 0 Å². The van der Waals surface area contributed by atoms with Crippen LogP contribution < -0.4 is 5.32 Å². The van der Waals surface area contributed by atoms with E-state index in [4.69, 9.17) is 0 Å². The molecule has 1 heterocycles. The topological polar surface area (TPSA) is 69.7 Å². The summed E-state index contributed by atoms with van der Waals surface area (Å²) < 4.78 is 27.4. The second-order valence-corrected chi connectivity index (χ2v) is 10.0. The average molecular weight is 430 g/mol. The molecule has 2 aromatic carbocycles. The van der Waals surface area contributed by atoms with E-state index in [0.29, 0.717) is 25.2 Å². The maximum absolute atomic E-state index is 12.9. The molecule has 3 rings (SSSR count). The Bertz CT molecular complexity index is 965. The molecule has 0 aromatic heterocycles. The van der Waals surface area contributed by atoms with Crippen LogP contribution in [0.4, 0.5) is 0 Å². The Balaban J connectivity index is 1.72. The summed E-state index contributed by atoms with van der Waals surface area (Å²) in [6, 6.07) is 14.6. The summed E-state index contributed by atoms with van der Waals surface area (Å²) >= 11 is 0. The van der Waals surface area contributed by atoms with Crippen LogP contribution in [0.15, 0.2) is 53.4 Å². The third kappa shape index (κ3) is 5.28. The second-order valence-electron chi connectivity index (χ2n) is 8.09. The Labute approximate surface area is 179 Å². The van der Waals surface area contributed by atoms with Crippen LogP contribution in [0.25, 0.3) is 0 Å². The first-order chi connectivity index (χ1) is 14.3. The molecule has 0 saturated carbocycles. The van der Waals surface area contributed by atoms with Gasteiger partial charge in [0.15, 0.2) is 0 Å². The zero-order chi connectivity index (χ0) is 21.7. The number of carbonyl (C=O) groups excluding carboxylic acids is 1. The molecule has 1 saturated heterocycles. The van der Waals surface area contributed by atoms with Crippen LogP contribution in [0.1, 0.15) is 46.8 Å². The lowest BCUT2D eigenvalue weighted by Gasteiger charge is -2.26. The third-order valence-corrected chi connectivity index (χ3v) is 7.49. The molecule has 1 aliphatic heterocycles. The number of nitrogens with one attached hydrogen (secondary N) is 1. The number of amides is 1. The fourth-order valence-corrected chi connectivity index (χ4v) is 5.29. The van der Waals surface area contributed by atoms with Crippen molar-refractivity contribution in [1.29, 1.82) is 0 Å². The monoisotopic (exact) mass is 429 g/mol. The molecule has 1 fully saturated rings. The minimum absolute atomic E-state index is 0.0230. The summed E-state index contributed by atoms with van der Waals surface area (Å²) in [6.07, 6.45) is 2.82. The molecule has 1 atom stereocenters. The highest BCUT2D eigenvalue weighted by Gasteiger charge is 2.26. The van der Waals surface area contributed by atoms with Crippen molar-refractivity contribution in [2.75, 3.05) is 33.7 Å². The van der Waals surface area contributed by atoms with Crippen molar-refractivity contribution in [3.05, 3.63) is 65.2 Å². The molecule has 1 unspecified atom stereocenters. The molecule has 162 valence electrons. The molecule has 1 N–H and O–H groups in total. The van der Waals surface area contributed by atoms with Gasteiger partial charge >= 0.3 is 0 Å². The highest BCUT2D eigenvalue weighted by molar-refractivity contribution is 7.89. The molecule has 0 aliphatic carbocycles. The Kier molecular flexibility index (Phi) is 7.28. The molecule has 1 amide bonds. The van der Waals surface area contributed by atoms with E-state index in [1.165, 1.54) is 15.9 Å². The van der Waals surface area contributed by atoms with Crippen LogP contribution in [0.3, 0.4) is 0 Å². The quantitative estimate of drug-likeness (QED) is 0.734. The smallest absolute Gasteiger partial charge is 0.251 e. The first-order valence-corrected chi connectivity index (χ1v) is 11.8. The molecule has 2 aromatic rings. The van der Waals surface area contributed by atoms with Gasteiger partial charge in [0.2, 0.25) is 10.0 Å². The van der Waals surface area contributed by atoms with E-state index in [1.54, 1.807) is 18.2 Å². The van der Waals surface area contributed by atoms with E-state index in [0.717, 1.165) is 24.8 Å². The van der Waals surface area contributed by atoms with Crippen molar-refractivity contribution < 1.29 is 13.2 Å². The first kappa shape index (κ1) is 22.5. The summed E-state index contributed by atoms with van der Waals surface area (Å²) in [4.78, 5) is 15.0. The maximum atomic E-state index is 12.9. The SMILES string of the molecule is Cc1ccc(C(CNC(=O)c2cccc(S(=O)(=O)N3CCCCC3)c2)N(C)C)cc1. The Morgan fingerprint density at radius 3 is 2.37 bits per heavy atom. The molecule has 1 aliphatic rings. The number of hydrogen-bond acceptors (Lipinski definition) is 4. The number of carbonyl (C=O) groups is 1. The average Bonchev–Trinajstić information content (AvgIpc) is 2.75. The molecule has 0 radical (unpaired) electrons. The van der Waals surface area contributed by atoms with E-state index in [-0.39, 0.29) is 16.8 Å². The maximum Gasteiger partial charge on any atom is 0.251 e. The Morgan fingerprint density at radius 2 is 1.73 bits per heavy atom. The lowest BCUT2D eigenvalue weighted by Crippen LogP contribution is -2.36. The van der Waals surface area contributed by atoms with Crippen LogP contribution in [-0.4, -0.2) is 57.3 Å². The number of piperidine rings is 1. The van der Waals surface area contributed by atoms with E-state index in [1.807, 2.05) is 21.0 Å². The fraction of sp³-hybridized carbons (Fsp3) is 0.435. The molecular formula is C23H31N3O3S. The van der Waals surface area contributed by atoms with Gasteiger partial charge in [0.25, 0.3) is 5.91 Å². The highest BCUT2D eigenvalue weighted by Crippen LogP contribution is 2.22. The van der Waals surface area contributed by atoms with Gasteiger partial charge in [0, 0.05) is 25.2 Å². The van der Waals surface area contributed by atoms with E-state index < -0.39 is 10.0 Å². The van der Waals surface area contributed by atoms with Gasteiger partial charge in [-0.05, 0) is 57.6 Å². The van der Waals surface area contributed by atoms with Crippen LogP contribution in [0.5, 0.6) is 0 Å². The number of benzene rings is 2. The van der Waals surface area contributed by atoms with Crippen molar-refractivity contribution in [3.8, 4) is 0 Å². The van der Waals surface area contributed by atoms with Gasteiger partial charge < -0.3 is 10.2 Å². The van der Waals surface area contributed by atoms with Crippen molar-refractivity contribution in [2.45, 2.75) is 37.1 Å². The predicted octanol–water partition coefficient (Wildman–Crippen LogP) is 3.20. The molecule has 0 bridgehead atoms. The highest BCUT2D eigenvalue weighted by atomic mass is 32.2. The van der Waals surface area contributed by atoms with Gasteiger partial charge in [0.1, 0.15) is 0 Å². The van der Waals surface area contributed by atoms with Gasteiger partial charge in [-0.3, -0.25) is 4.79 Å². The lowest BCUT2D eigenvalue weighted by atomic mass is 10.0. The fourth-order valence-electron chi connectivity index (χ4n) is 3.73. The number of rotatable bonds is 7. The Morgan fingerprint density at radius 1 is 1.07 bits per heavy atom. The number of aryl methyl sites for hydroxylation is 1. The van der Waals surface area contributed by atoms with Gasteiger partial charge in [0.05, 0.1) is 10.9 Å². The molecule has 30 heavy (non-hydrogen) atoms. The minimum Gasteiger partial charge on any atom is -0.350 e. The van der Waals surface area contributed by atoms with Crippen molar-refractivity contribution in [1.82, 2.24) is 14.5 Å². The van der Waals surface area contributed by atoms with Gasteiger partial charge in [-0.25, -0.2) is 8.42 Å². The minimum atomic E-state index is -3.56. The number of sulfonamides is 1. The summed E-state index contributed by atoms with van der Waals surface area (Å²) in [5.41, 5.74) is 2.66. The van der Waals surface area contributed by atoms with E-state index in [9.17, 15) is 13.2 Å². The van der Waals surface area contributed by atoms with Crippen LogP contribution in [0.2, 0.25) is 0 Å². The largest absolute Gasteiger partial charge is 0.350 e. The molecule has 6 nitrogen and oxygen atoms in total. The standard InChI is InChI=1S/C23H31N3O3S/c1-18-10-12-19(13-11-18)22(25(2)3)17-24-23(27)20-8-7-9-21(16-20)30(28,29)26-14-5-4-6-15-26/h7-13,16,22H,4-6,14-15,17H2,1-3H3,(H,24,27). The molecule has 0 spiro atoms. The van der Waals surface area contributed by atoms with Gasteiger partial charge in [-0.1, -0.05) is 42.3 Å². The normalized spacial score (nSPS) is 16.4. The summed E-state index contributed by atoms with van der Waals surface area (Å²) in [5.74, 6) is -0.273. The second kappa shape index (κ2) is 9.73. The summed E-state index contributed by atoms with van der Waals surface area (Å²) in [6.45, 7) is 3.55. The van der Waals surface area contributed by atoms with E-state index >= 15 is 0 Å². The zero-order valence-electron chi connectivity index (χ0n) is 18.0. The molecule has 7 heteroatoms.